The number of hydrogen-bond donors (Lipinski definition) is 1. The van der Waals surface area contributed by atoms with E-state index < -0.39 is 0 Å². The minimum Gasteiger partial charge on any atom is -0.326 e. The first-order valence-corrected chi connectivity index (χ1v) is 6.14. The van der Waals surface area contributed by atoms with Crippen molar-refractivity contribution in [1.29, 1.82) is 0 Å². The Balaban J connectivity index is 2.48. The van der Waals surface area contributed by atoms with E-state index in [0.29, 0.717) is 6.54 Å². The molecule has 0 aliphatic heterocycles. The number of benzene rings is 2. The molecule has 2 aromatic carbocycles. The Labute approximate surface area is 103 Å². The van der Waals surface area contributed by atoms with Gasteiger partial charge in [-0.05, 0) is 41.2 Å². The van der Waals surface area contributed by atoms with Crippen LogP contribution in [0.4, 0.5) is 0 Å². The lowest BCUT2D eigenvalue weighted by atomic mass is 9.94. The van der Waals surface area contributed by atoms with Gasteiger partial charge in [-0.2, -0.15) is 0 Å². The molecule has 0 saturated heterocycles. The molecule has 2 rings (SSSR count). The van der Waals surface area contributed by atoms with Crippen LogP contribution in [0.3, 0.4) is 0 Å². The molecule has 0 bridgehead atoms. The molecule has 0 saturated carbocycles. The van der Waals surface area contributed by atoms with Gasteiger partial charge in [-0.25, -0.2) is 0 Å². The van der Waals surface area contributed by atoms with Crippen LogP contribution >= 0.6 is 0 Å². The molecule has 1 heteroatoms. The predicted octanol–water partition coefficient (Wildman–Crippen LogP) is 3.68. The Hall–Kier alpha value is -1.60. The highest BCUT2D eigenvalue weighted by atomic mass is 14.5. The third-order valence-electron chi connectivity index (χ3n) is 3.26. The molecular weight excluding hydrogens is 206 g/mol. The minimum absolute atomic E-state index is 0.606. The molecule has 0 atom stereocenters. The first kappa shape index (κ1) is 11.9. The zero-order valence-corrected chi connectivity index (χ0v) is 10.5. The molecule has 2 aromatic rings. The fraction of sp³-hybridized carbons (Fsp3) is 0.250. The van der Waals surface area contributed by atoms with E-state index in [-0.39, 0.29) is 0 Å². The van der Waals surface area contributed by atoms with Crippen LogP contribution in [-0.4, -0.2) is 0 Å². The van der Waals surface area contributed by atoms with E-state index >= 15 is 0 Å². The average Bonchev–Trinajstić information content (AvgIpc) is 2.38. The second-order valence-electron chi connectivity index (χ2n) is 4.36. The largest absolute Gasteiger partial charge is 0.326 e. The van der Waals surface area contributed by atoms with Crippen LogP contribution in [-0.2, 0) is 13.0 Å². The molecule has 0 unspecified atom stereocenters. The van der Waals surface area contributed by atoms with Crippen molar-refractivity contribution < 1.29 is 0 Å². The molecule has 0 fully saturated rings. The Morgan fingerprint density at radius 2 is 1.71 bits per heavy atom. The molecule has 88 valence electrons. The third-order valence-corrected chi connectivity index (χ3v) is 3.26. The summed E-state index contributed by atoms with van der Waals surface area (Å²) in [7, 11) is 0. The predicted molar refractivity (Wildman–Crippen MR) is 73.9 cm³/mol. The maximum absolute atomic E-state index is 5.62. The van der Waals surface area contributed by atoms with E-state index in [1.54, 1.807) is 0 Å². The van der Waals surface area contributed by atoms with E-state index in [2.05, 4.69) is 56.3 Å². The van der Waals surface area contributed by atoms with Gasteiger partial charge >= 0.3 is 0 Å². The molecule has 17 heavy (non-hydrogen) atoms. The molecule has 2 N–H and O–H groups in total. The van der Waals surface area contributed by atoms with Crippen LogP contribution in [0.1, 0.15) is 23.6 Å². The summed E-state index contributed by atoms with van der Waals surface area (Å²) in [6.45, 7) is 4.99. The maximum atomic E-state index is 5.62. The van der Waals surface area contributed by atoms with E-state index in [1.807, 2.05) is 0 Å². The second-order valence-corrected chi connectivity index (χ2v) is 4.36. The molecule has 1 nitrogen and oxygen atoms in total. The van der Waals surface area contributed by atoms with Gasteiger partial charge in [0.1, 0.15) is 0 Å². The summed E-state index contributed by atoms with van der Waals surface area (Å²) in [4.78, 5) is 0. The summed E-state index contributed by atoms with van der Waals surface area (Å²) in [5.74, 6) is 0. The van der Waals surface area contributed by atoms with E-state index in [9.17, 15) is 0 Å². The van der Waals surface area contributed by atoms with Crippen molar-refractivity contribution in [2.45, 2.75) is 26.8 Å². The van der Waals surface area contributed by atoms with Gasteiger partial charge in [0.25, 0.3) is 0 Å². The number of aryl methyl sites for hydroxylation is 1. The molecule has 0 amide bonds. The maximum Gasteiger partial charge on any atom is 0.0178 e. The van der Waals surface area contributed by atoms with E-state index in [1.165, 1.54) is 27.8 Å². The van der Waals surface area contributed by atoms with Crippen molar-refractivity contribution in [3.8, 4) is 11.1 Å². The summed E-state index contributed by atoms with van der Waals surface area (Å²) in [6.07, 6.45) is 1.07. The Kier molecular flexibility index (Phi) is 3.60. The highest BCUT2D eigenvalue weighted by molar-refractivity contribution is 5.69. The van der Waals surface area contributed by atoms with Crippen molar-refractivity contribution in [1.82, 2.24) is 0 Å². The van der Waals surface area contributed by atoms with Gasteiger partial charge < -0.3 is 5.73 Å². The SMILES string of the molecule is CCc1c(C)cccc1-c1ccc(CN)cc1. The first-order chi connectivity index (χ1) is 8.26. The van der Waals surface area contributed by atoms with Crippen molar-refractivity contribution in [2.75, 3.05) is 0 Å². The Bertz CT molecular complexity index is 497. The smallest absolute Gasteiger partial charge is 0.0178 e. The Morgan fingerprint density at radius 1 is 1.00 bits per heavy atom. The van der Waals surface area contributed by atoms with Crippen molar-refractivity contribution in [3.63, 3.8) is 0 Å². The van der Waals surface area contributed by atoms with Gasteiger partial charge in [0.2, 0.25) is 0 Å². The van der Waals surface area contributed by atoms with Gasteiger partial charge in [-0.3, -0.25) is 0 Å². The van der Waals surface area contributed by atoms with Crippen molar-refractivity contribution >= 4 is 0 Å². The van der Waals surface area contributed by atoms with Gasteiger partial charge in [-0.15, -0.1) is 0 Å². The van der Waals surface area contributed by atoms with Gasteiger partial charge in [0.05, 0.1) is 0 Å². The van der Waals surface area contributed by atoms with Crippen LogP contribution in [0.15, 0.2) is 42.5 Å². The second kappa shape index (κ2) is 5.15. The van der Waals surface area contributed by atoms with Gasteiger partial charge in [0.15, 0.2) is 0 Å². The zero-order valence-electron chi connectivity index (χ0n) is 10.5. The van der Waals surface area contributed by atoms with Crippen LogP contribution in [0.25, 0.3) is 11.1 Å². The van der Waals surface area contributed by atoms with Crippen LogP contribution < -0.4 is 5.73 Å². The standard InChI is InChI=1S/C16H19N/c1-3-15-12(2)5-4-6-16(15)14-9-7-13(11-17)8-10-14/h4-10H,3,11,17H2,1-2H3. The summed E-state index contributed by atoms with van der Waals surface area (Å²) < 4.78 is 0. The summed E-state index contributed by atoms with van der Waals surface area (Å²) >= 11 is 0. The lowest BCUT2D eigenvalue weighted by Gasteiger charge is -2.11. The lowest BCUT2D eigenvalue weighted by molar-refractivity contribution is 1.07. The highest BCUT2D eigenvalue weighted by Gasteiger charge is 2.05. The molecular formula is C16H19N. The molecule has 0 aliphatic carbocycles. The lowest BCUT2D eigenvalue weighted by Crippen LogP contribution is -1.96. The summed E-state index contributed by atoms with van der Waals surface area (Å²) in [6, 6.07) is 15.0. The topological polar surface area (TPSA) is 26.0 Å². The first-order valence-electron chi connectivity index (χ1n) is 6.14. The normalized spacial score (nSPS) is 10.5. The van der Waals surface area contributed by atoms with Crippen molar-refractivity contribution in [2.24, 2.45) is 5.73 Å². The van der Waals surface area contributed by atoms with Crippen LogP contribution in [0, 0.1) is 6.92 Å². The fourth-order valence-corrected chi connectivity index (χ4v) is 2.26. The molecule has 0 spiro atoms. The van der Waals surface area contributed by atoms with Crippen LogP contribution in [0.2, 0.25) is 0 Å². The summed E-state index contributed by atoms with van der Waals surface area (Å²) in [5, 5.41) is 0. The molecule has 0 aliphatic rings. The molecule has 0 aromatic heterocycles. The number of rotatable bonds is 3. The Morgan fingerprint density at radius 3 is 2.29 bits per heavy atom. The third kappa shape index (κ3) is 2.40. The number of nitrogens with two attached hydrogens (primary N) is 1. The fourth-order valence-electron chi connectivity index (χ4n) is 2.26. The van der Waals surface area contributed by atoms with Crippen molar-refractivity contribution in [3.05, 3.63) is 59.2 Å². The highest BCUT2D eigenvalue weighted by Crippen LogP contribution is 2.26. The van der Waals surface area contributed by atoms with Gasteiger partial charge in [-0.1, -0.05) is 49.4 Å². The van der Waals surface area contributed by atoms with E-state index in [0.717, 1.165) is 6.42 Å². The monoisotopic (exact) mass is 225 g/mol. The average molecular weight is 225 g/mol. The molecule has 0 heterocycles. The molecule has 0 radical (unpaired) electrons. The quantitative estimate of drug-likeness (QED) is 0.847. The summed E-state index contributed by atoms with van der Waals surface area (Å²) in [5.41, 5.74) is 12.2. The van der Waals surface area contributed by atoms with E-state index in [4.69, 9.17) is 5.73 Å². The minimum atomic E-state index is 0.606. The number of hydrogen-bond acceptors (Lipinski definition) is 1. The van der Waals surface area contributed by atoms with Crippen LogP contribution in [0.5, 0.6) is 0 Å². The zero-order chi connectivity index (χ0) is 12.3. The van der Waals surface area contributed by atoms with Gasteiger partial charge in [0, 0.05) is 6.54 Å².